The fraction of sp³-hybridized carbons (Fsp3) is 0.611. The first-order valence-electron chi connectivity index (χ1n) is 7.88. The van der Waals surface area contributed by atoms with Crippen molar-refractivity contribution in [1.82, 2.24) is 4.90 Å². The molecule has 1 amide bonds. The van der Waals surface area contributed by atoms with Crippen molar-refractivity contribution < 1.29 is 9.53 Å². The van der Waals surface area contributed by atoms with E-state index in [-0.39, 0.29) is 11.3 Å². The summed E-state index contributed by atoms with van der Waals surface area (Å²) in [5.74, 6) is 1.62. The number of rotatable bonds is 8. The van der Waals surface area contributed by atoms with E-state index in [1.807, 2.05) is 25.2 Å². The van der Waals surface area contributed by atoms with E-state index in [1.165, 1.54) is 5.56 Å². The Hall–Kier alpha value is -1.22. The Kier molecular flexibility index (Phi) is 7.74. The van der Waals surface area contributed by atoms with Crippen LogP contribution in [0, 0.1) is 0 Å². The molecule has 0 saturated heterocycles. The van der Waals surface area contributed by atoms with Gasteiger partial charge in [-0.25, -0.2) is 0 Å². The summed E-state index contributed by atoms with van der Waals surface area (Å²) in [4.78, 5) is 13.5. The smallest absolute Gasteiger partial charge is 0.222 e. The molecule has 0 aliphatic heterocycles. The summed E-state index contributed by atoms with van der Waals surface area (Å²) in [5, 5.41) is 0. The molecule has 0 radical (unpaired) electrons. The zero-order valence-electron chi connectivity index (χ0n) is 14.2. The van der Waals surface area contributed by atoms with Crippen molar-refractivity contribution in [2.75, 3.05) is 26.1 Å². The topological polar surface area (TPSA) is 29.5 Å². The van der Waals surface area contributed by atoms with Crippen molar-refractivity contribution in [1.29, 1.82) is 0 Å². The van der Waals surface area contributed by atoms with Gasteiger partial charge in [0.25, 0.3) is 0 Å². The van der Waals surface area contributed by atoms with E-state index >= 15 is 0 Å². The molecule has 1 rings (SSSR count). The molecule has 22 heavy (non-hydrogen) atoms. The third-order valence-electron chi connectivity index (χ3n) is 3.54. The maximum absolute atomic E-state index is 11.8. The molecule has 0 bridgehead atoms. The lowest BCUT2D eigenvalue weighted by atomic mass is 9.86. The average molecular weight is 326 g/mol. The Bertz CT molecular complexity index is 468. The number of alkyl halides is 1. The second-order valence-corrected chi connectivity index (χ2v) is 6.93. The molecule has 0 spiro atoms. The average Bonchev–Trinajstić information content (AvgIpc) is 2.48. The second-order valence-electron chi connectivity index (χ2n) is 6.56. The summed E-state index contributed by atoms with van der Waals surface area (Å²) < 4.78 is 5.92. The van der Waals surface area contributed by atoms with Crippen LogP contribution in [0.15, 0.2) is 24.3 Å². The van der Waals surface area contributed by atoms with Crippen LogP contribution in [0.4, 0.5) is 0 Å². The zero-order valence-corrected chi connectivity index (χ0v) is 14.9. The molecule has 0 aliphatic carbocycles. The molecule has 0 fully saturated rings. The molecule has 0 aromatic heterocycles. The van der Waals surface area contributed by atoms with Crippen LogP contribution in [0.2, 0.25) is 0 Å². The Morgan fingerprint density at radius 1 is 1.23 bits per heavy atom. The first-order chi connectivity index (χ1) is 10.4. The van der Waals surface area contributed by atoms with E-state index in [0.717, 1.165) is 18.6 Å². The van der Waals surface area contributed by atoms with Crippen molar-refractivity contribution >= 4 is 17.5 Å². The molecule has 0 atom stereocenters. The van der Waals surface area contributed by atoms with Crippen molar-refractivity contribution in [3.05, 3.63) is 29.8 Å². The zero-order chi connectivity index (χ0) is 16.6. The fourth-order valence-electron chi connectivity index (χ4n) is 2.23. The maximum Gasteiger partial charge on any atom is 0.222 e. The van der Waals surface area contributed by atoms with E-state index in [1.54, 1.807) is 4.90 Å². The van der Waals surface area contributed by atoms with Crippen LogP contribution in [0.5, 0.6) is 5.75 Å². The fourth-order valence-corrected chi connectivity index (χ4v) is 2.36. The van der Waals surface area contributed by atoms with Crippen LogP contribution >= 0.6 is 11.6 Å². The molecule has 124 valence electrons. The minimum absolute atomic E-state index is 0.0604. The van der Waals surface area contributed by atoms with E-state index in [4.69, 9.17) is 16.3 Å². The lowest BCUT2D eigenvalue weighted by Crippen LogP contribution is -2.28. The lowest BCUT2D eigenvalue weighted by Gasteiger charge is -2.23. The Labute approximate surface area is 139 Å². The largest absolute Gasteiger partial charge is 0.493 e. The van der Waals surface area contributed by atoms with Crippen molar-refractivity contribution in [3.8, 4) is 5.75 Å². The van der Waals surface area contributed by atoms with Crippen molar-refractivity contribution in [2.24, 2.45) is 0 Å². The van der Waals surface area contributed by atoms with Crippen LogP contribution < -0.4 is 4.74 Å². The molecular weight excluding hydrogens is 298 g/mol. The SMILES string of the molecule is CN(CCCOc1ccccc1C(C)(C)C)C(=O)CCCCl. The molecule has 1 aromatic carbocycles. The molecule has 0 aliphatic rings. The number of amides is 1. The van der Waals surface area contributed by atoms with Crippen LogP contribution in [0.3, 0.4) is 0 Å². The predicted octanol–water partition coefficient (Wildman–Crippen LogP) is 4.23. The minimum Gasteiger partial charge on any atom is -0.493 e. The molecule has 0 N–H and O–H groups in total. The van der Waals surface area contributed by atoms with Crippen molar-refractivity contribution in [2.45, 2.75) is 45.4 Å². The second kappa shape index (κ2) is 9.04. The molecule has 0 heterocycles. The van der Waals surface area contributed by atoms with E-state index in [2.05, 4.69) is 26.8 Å². The highest BCUT2D eigenvalue weighted by atomic mass is 35.5. The molecule has 1 aromatic rings. The van der Waals surface area contributed by atoms with Gasteiger partial charge in [0, 0.05) is 25.9 Å². The summed E-state index contributed by atoms with van der Waals surface area (Å²) in [6.45, 7) is 7.86. The van der Waals surface area contributed by atoms with Gasteiger partial charge in [-0.05, 0) is 29.9 Å². The Balaban J connectivity index is 2.41. The van der Waals surface area contributed by atoms with Gasteiger partial charge in [-0.3, -0.25) is 4.79 Å². The van der Waals surface area contributed by atoms with Crippen LogP contribution in [-0.2, 0) is 10.2 Å². The quantitative estimate of drug-likeness (QED) is 0.528. The molecular formula is C18H28ClNO2. The summed E-state index contributed by atoms with van der Waals surface area (Å²) in [6, 6.07) is 8.15. The van der Waals surface area contributed by atoms with Gasteiger partial charge < -0.3 is 9.64 Å². The van der Waals surface area contributed by atoms with E-state index in [0.29, 0.717) is 25.5 Å². The maximum atomic E-state index is 11.8. The first-order valence-corrected chi connectivity index (χ1v) is 8.42. The van der Waals surface area contributed by atoms with Crippen LogP contribution in [0.25, 0.3) is 0 Å². The van der Waals surface area contributed by atoms with Gasteiger partial charge in [0.2, 0.25) is 5.91 Å². The van der Waals surface area contributed by atoms with E-state index in [9.17, 15) is 4.79 Å². The van der Waals surface area contributed by atoms with Gasteiger partial charge in [-0.15, -0.1) is 11.6 Å². The standard InChI is InChI=1S/C18H28ClNO2/c1-18(2,3)15-9-5-6-10-16(15)22-14-8-13-20(4)17(21)11-7-12-19/h5-6,9-10H,7-8,11-14H2,1-4H3. The number of para-hydroxylation sites is 1. The highest BCUT2D eigenvalue weighted by molar-refractivity contribution is 6.17. The lowest BCUT2D eigenvalue weighted by molar-refractivity contribution is -0.130. The van der Waals surface area contributed by atoms with Gasteiger partial charge in [0.1, 0.15) is 5.75 Å². The van der Waals surface area contributed by atoms with Gasteiger partial charge in [0.05, 0.1) is 6.61 Å². The normalized spacial score (nSPS) is 11.3. The van der Waals surface area contributed by atoms with Gasteiger partial charge >= 0.3 is 0 Å². The van der Waals surface area contributed by atoms with E-state index < -0.39 is 0 Å². The van der Waals surface area contributed by atoms with Gasteiger partial charge in [-0.2, -0.15) is 0 Å². The van der Waals surface area contributed by atoms with Crippen LogP contribution in [-0.4, -0.2) is 36.9 Å². The van der Waals surface area contributed by atoms with Crippen LogP contribution in [0.1, 0.15) is 45.6 Å². The number of carbonyl (C=O) groups is 1. The highest BCUT2D eigenvalue weighted by Crippen LogP contribution is 2.30. The summed E-state index contributed by atoms with van der Waals surface area (Å²) in [7, 11) is 1.83. The number of hydrogen-bond acceptors (Lipinski definition) is 2. The Morgan fingerprint density at radius 2 is 1.91 bits per heavy atom. The number of ether oxygens (including phenoxy) is 1. The Morgan fingerprint density at radius 3 is 2.55 bits per heavy atom. The predicted molar refractivity (Wildman–Crippen MR) is 92.8 cm³/mol. The third-order valence-corrected chi connectivity index (χ3v) is 3.81. The monoisotopic (exact) mass is 325 g/mol. The molecule has 0 saturated carbocycles. The number of nitrogens with zero attached hydrogens (tertiary/aromatic N) is 1. The summed E-state index contributed by atoms with van der Waals surface area (Å²) in [5.41, 5.74) is 1.27. The molecule has 4 heteroatoms. The molecule has 3 nitrogen and oxygen atoms in total. The first kappa shape index (κ1) is 18.8. The number of halogens is 1. The molecule has 0 unspecified atom stereocenters. The third kappa shape index (κ3) is 6.27. The highest BCUT2D eigenvalue weighted by Gasteiger charge is 2.18. The number of carbonyl (C=O) groups excluding carboxylic acids is 1. The minimum atomic E-state index is 0.0604. The van der Waals surface area contributed by atoms with Gasteiger partial charge in [-0.1, -0.05) is 39.0 Å². The summed E-state index contributed by atoms with van der Waals surface area (Å²) in [6.07, 6.45) is 2.08. The van der Waals surface area contributed by atoms with Crippen molar-refractivity contribution in [3.63, 3.8) is 0 Å². The number of hydrogen-bond donors (Lipinski definition) is 0. The number of benzene rings is 1. The summed E-state index contributed by atoms with van der Waals surface area (Å²) >= 11 is 5.61. The van der Waals surface area contributed by atoms with Gasteiger partial charge in [0.15, 0.2) is 0 Å².